The maximum Gasteiger partial charge on any atom is 0.269 e. The molecule has 0 aliphatic heterocycles. The van der Waals surface area contributed by atoms with Gasteiger partial charge < -0.3 is 10.6 Å². The van der Waals surface area contributed by atoms with Crippen LogP contribution in [-0.2, 0) is 0 Å². The van der Waals surface area contributed by atoms with Crippen molar-refractivity contribution in [3.63, 3.8) is 0 Å². The summed E-state index contributed by atoms with van der Waals surface area (Å²) in [6.07, 6.45) is 0.909. The molecule has 0 spiro atoms. The van der Waals surface area contributed by atoms with E-state index in [1.54, 1.807) is 36.4 Å². The van der Waals surface area contributed by atoms with Gasteiger partial charge in [0.2, 0.25) is 0 Å². The van der Waals surface area contributed by atoms with Crippen LogP contribution in [0.3, 0.4) is 0 Å². The van der Waals surface area contributed by atoms with E-state index in [2.05, 4.69) is 10.6 Å². The van der Waals surface area contributed by atoms with E-state index in [0.717, 1.165) is 13.0 Å². The number of carbonyl (C=O) groups excluding carboxylic acids is 1. The zero-order valence-electron chi connectivity index (χ0n) is 15.2. The first-order chi connectivity index (χ1) is 12.9. The highest BCUT2D eigenvalue weighted by Gasteiger charge is 2.20. The molecule has 2 rings (SSSR count). The minimum Gasteiger partial charge on any atom is -0.388 e. The molecular weight excluding hydrogens is 362 g/mol. The Morgan fingerprint density at radius 1 is 1.11 bits per heavy atom. The van der Waals surface area contributed by atoms with Gasteiger partial charge in [-0.25, -0.2) is 0 Å². The maximum absolute atomic E-state index is 13.0. The fourth-order valence-corrected chi connectivity index (χ4v) is 2.80. The Balaban J connectivity index is 2.30. The van der Waals surface area contributed by atoms with E-state index in [1.807, 2.05) is 19.9 Å². The Morgan fingerprint density at radius 3 is 2.30 bits per heavy atom. The van der Waals surface area contributed by atoms with E-state index in [-0.39, 0.29) is 16.5 Å². The van der Waals surface area contributed by atoms with Crippen LogP contribution in [0, 0.1) is 10.1 Å². The van der Waals surface area contributed by atoms with Gasteiger partial charge in [0, 0.05) is 35.6 Å². The number of anilines is 1. The SMILES string of the molecule is CCCNC(C)=C(C(=O)c1ccccc1)C(=S)Nc1ccc([N+](=O)[O-])cc1. The molecule has 0 amide bonds. The van der Waals surface area contributed by atoms with Gasteiger partial charge in [0.1, 0.15) is 4.99 Å². The third kappa shape index (κ3) is 5.46. The lowest BCUT2D eigenvalue weighted by atomic mass is 10.0. The summed E-state index contributed by atoms with van der Waals surface area (Å²) in [5.74, 6) is -0.184. The first kappa shape index (κ1) is 20.3. The number of nitro groups is 1. The second-order valence-corrected chi connectivity index (χ2v) is 6.29. The largest absolute Gasteiger partial charge is 0.388 e. The van der Waals surface area contributed by atoms with Crippen molar-refractivity contribution >= 4 is 34.4 Å². The number of thiocarbonyl (C=S) groups is 1. The summed E-state index contributed by atoms with van der Waals surface area (Å²) in [6.45, 7) is 4.57. The lowest BCUT2D eigenvalue weighted by molar-refractivity contribution is -0.384. The molecule has 0 aromatic heterocycles. The Kier molecular flexibility index (Phi) is 7.19. The molecule has 0 heterocycles. The van der Waals surface area contributed by atoms with Gasteiger partial charge in [-0.05, 0) is 25.5 Å². The van der Waals surface area contributed by atoms with Crippen molar-refractivity contribution in [2.45, 2.75) is 20.3 Å². The van der Waals surface area contributed by atoms with Crippen LogP contribution >= 0.6 is 12.2 Å². The van der Waals surface area contributed by atoms with Crippen molar-refractivity contribution in [2.75, 3.05) is 11.9 Å². The van der Waals surface area contributed by atoms with Crippen molar-refractivity contribution in [1.29, 1.82) is 0 Å². The van der Waals surface area contributed by atoms with E-state index in [9.17, 15) is 14.9 Å². The molecule has 0 aliphatic rings. The molecule has 140 valence electrons. The van der Waals surface area contributed by atoms with Crippen LogP contribution in [0.1, 0.15) is 30.6 Å². The van der Waals surface area contributed by atoms with Crippen molar-refractivity contribution in [3.05, 3.63) is 81.5 Å². The first-order valence-corrected chi connectivity index (χ1v) is 8.95. The number of hydrogen-bond acceptors (Lipinski definition) is 5. The quantitative estimate of drug-likeness (QED) is 0.230. The highest BCUT2D eigenvalue weighted by molar-refractivity contribution is 7.81. The predicted octanol–water partition coefficient (Wildman–Crippen LogP) is 4.49. The molecule has 7 heteroatoms. The van der Waals surface area contributed by atoms with Gasteiger partial charge in [0.25, 0.3) is 5.69 Å². The standard InChI is InChI=1S/C20H21N3O3S/c1-3-13-21-14(2)18(19(24)15-7-5-4-6-8-15)20(27)22-16-9-11-17(12-10-16)23(25)26/h4-12,21H,3,13H2,1-2H3,(H,22,27). The number of non-ortho nitro benzene ring substituents is 1. The number of carbonyl (C=O) groups is 1. The molecular formula is C20H21N3O3S. The Hall–Kier alpha value is -3.06. The Labute approximate surface area is 163 Å². The fraction of sp³-hybridized carbons (Fsp3) is 0.200. The molecule has 0 bridgehead atoms. The number of benzene rings is 2. The van der Waals surface area contributed by atoms with Gasteiger partial charge >= 0.3 is 0 Å². The fourth-order valence-electron chi connectivity index (χ4n) is 2.44. The van der Waals surface area contributed by atoms with Gasteiger partial charge in [0.15, 0.2) is 5.78 Å². The molecule has 0 fully saturated rings. The summed E-state index contributed by atoms with van der Waals surface area (Å²) in [7, 11) is 0. The van der Waals surface area contributed by atoms with Crippen LogP contribution in [0.25, 0.3) is 0 Å². The van der Waals surface area contributed by atoms with Crippen molar-refractivity contribution in [3.8, 4) is 0 Å². The average molecular weight is 383 g/mol. The van der Waals surface area contributed by atoms with Crippen LogP contribution < -0.4 is 10.6 Å². The second-order valence-electron chi connectivity index (χ2n) is 5.88. The number of allylic oxidation sites excluding steroid dienone is 1. The lowest BCUT2D eigenvalue weighted by Gasteiger charge is -2.16. The van der Waals surface area contributed by atoms with Crippen molar-refractivity contribution < 1.29 is 9.72 Å². The minimum absolute atomic E-state index is 0.0108. The molecule has 27 heavy (non-hydrogen) atoms. The molecule has 6 nitrogen and oxygen atoms in total. The summed E-state index contributed by atoms with van der Waals surface area (Å²) < 4.78 is 0. The van der Waals surface area contributed by atoms with E-state index < -0.39 is 4.92 Å². The van der Waals surface area contributed by atoms with E-state index in [4.69, 9.17) is 12.2 Å². The summed E-state index contributed by atoms with van der Waals surface area (Å²) in [6, 6.07) is 14.8. The molecule has 0 atom stereocenters. The van der Waals surface area contributed by atoms with Crippen molar-refractivity contribution in [1.82, 2.24) is 5.32 Å². The van der Waals surface area contributed by atoms with E-state index in [0.29, 0.717) is 22.5 Å². The molecule has 0 radical (unpaired) electrons. The lowest BCUT2D eigenvalue weighted by Crippen LogP contribution is -2.25. The molecule has 2 N–H and O–H groups in total. The van der Waals surface area contributed by atoms with Crippen LogP contribution in [0.5, 0.6) is 0 Å². The smallest absolute Gasteiger partial charge is 0.269 e. The monoisotopic (exact) mass is 383 g/mol. The van der Waals surface area contributed by atoms with E-state index in [1.165, 1.54) is 12.1 Å². The van der Waals surface area contributed by atoms with Crippen molar-refractivity contribution in [2.24, 2.45) is 0 Å². The van der Waals surface area contributed by atoms with Gasteiger partial charge in [-0.1, -0.05) is 49.5 Å². The third-order valence-corrected chi connectivity index (χ3v) is 4.15. The highest BCUT2D eigenvalue weighted by atomic mass is 32.1. The van der Waals surface area contributed by atoms with Crippen LogP contribution in [0.2, 0.25) is 0 Å². The molecule has 2 aromatic carbocycles. The van der Waals surface area contributed by atoms with Crippen LogP contribution in [0.4, 0.5) is 11.4 Å². The molecule has 0 saturated heterocycles. The number of hydrogen-bond donors (Lipinski definition) is 2. The Bertz CT molecular complexity index is 862. The number of ketones is 1. The molecule has 0 unspecified atom stereocenters. The van der Waals surface area contributed by atoms with Gasteiger partial charge in [0.05, 0.1) is 10.5 Å². The third-order valence-electron chi connectivity index (χ3n) is 3.84. The summed E-state index contributed by atoms with van der Waals surface area (Å²) in [5, 5.41) is 17.0. The first-order valence-electron chi connectivity index (χ1n) is 8.54. The number of rotatable bonds is 8. The van der Waals surface area contributed by atoms with Gasteiger partial charge in [-0.15, -0.1) is 0 Å². The Morgan fingerprint density at radius 2 is 1.74 bits per heavy atom. The number of nitrogens with one attached hydrogen (secondary N) is 2. The molecule has 0 aliphatic carbocycles. The highest BCUT2D eigenvalue weighted by Crippen LogP contribution is 2.19. The summed E-state index contributed by atoms with van der Waals surface area (Å²) in [5.41, 5.74) is 2.17. The molecule has 2 aromatic rings. The average Bonchev–Trinajstić information content (AvgIpc) is 2.67. The summed E-state index contributed by atoms with van der Waals surface area (Å²) in [4.78, 5) is 23.6. The minimum atomic E-state index is -0.467. The van der Waals surface area contributed by atoms with Crippen LogP contribution in [0.15, 0.2) is 65.9 Å². The number of nitro benzene ring substituents is 1. The van der Waals surface area contributed by atoms with Crippen LogP contribution in [-0.4, -0.2) is 22.2 Å². The normalized spacial score (nSPS) is 11.3. The number of Topliss-reactive ketones (excluding diaryl/α,β-unsaturated/α-hetero) is 1. The van der Waals surface area contributed by atoms with E-state index >= 15 is 0 Å². The van der Waals surface area contributed by atoms with Gasteiger partial charge in [-0.2, -0.15) is 0 Å². The predicted molar refractivity (Wildman–Crippen MR) is 111 cm³/mol. The zero-order chi connectivity index (χ0) is 19.8. The summed E-state index contributed by atoms with van der Waals surface area (Å²) >= 11 is 5.48. The molecule has 0 saturated carbocycles. The topological polar surface area (TPSA) is 84.3 Å². The number of nitrogens with zero attached hydrogens (tertiary/aromatic N) is 1. The maximum atomic E-state index is 13.0. The van der Waals surface area contributed by atoms with Gasteiger partial charge in [-0.3, -0.25) is 14.9 Å². The zero-order valence-corrected chi connectivity index (χ0v) is 16.0. The second kappa shape index (κ2) is 9.59.